The molecule has 2 unspecified atom stereocenters. The van der Waals surface area contributed by atoms with E-state index in [0.717, 1.165) is 22.8 Å². The summed E-state index contributed by atoms with van der Waals surface area (Å²) in [6, 6.07) is 23.6. The summed E-state index contributed by atoms with van der Waals surface area (Å²) < 4.78 is 0. The lowest BCUT2D eigenvalue weighted by atomic mass is 10.00. The molecule has 0 aromatic heterocycles. The van der Waals surface area contributed by atoms with E-state index in [1.165, 1.54) is 28.5 Å². The standard InChI is InChI=1S/C24H32N4O3.C8H10.C2H6/c1-17(25)8-7-11-23(30)28(4)21(24(31)27(3)16-22(29)26-2)15-18-12-13-19-9-5-6-10-20(19)14-18;1-2-8-6-4-3-5-7-8;1-2/h5-7,9-14,17,21H,8,15-16,25H2,1-4H3,(H,26,29);3-7H,2H2,1H3;1-2H3/b11-7+;;. The summed E-state index contributed by atoms with van der Waals surface area (Å²) >= 11 is 0. The average molecular weight is 561 g/mol. The van der Waals surface area contributed by atoms with Crippen molar-refractivity contribution in [3.63, 3.8) is 0 Å². The Hall–Kier alpha value is -3.97. The Kier molecular flexibility index (Phi) is 16.4. The number of nitrogens with zero attached hydrogens (tertiary/aromatic N) is 2. The third-order valence-electron chi connectivity index (χ3n) is 6.40. The van der Waals surface area contributed by atoms with Gasteiger partial charge in [-0.2, -0.15) is 0 Å². The number of nitrogens with one attached hydrogen (secondary N) is 1. The molecule has 7 nitrogen and oxygen atoms in total. The normalized spacial score (nSPS) is 11.8. The number of hydrogen-bond acceptors (Lipinski definition) is 4. The van der Waals surface area contributed by atoms with Crippen molar-refractivity contribution in [1.82, 2.24) is 15.1 Å². The number of benzene rings is 3. The summed E-state index contributed by atoms with van der Waals surface area (Å²) in [5.41, 5.74) is 8.08. The number of rotatable bonds is 10. The maximum Gasteiger partial charge on any atom is 0.246 e. The van der Waals surface area contributed by atoms with Crippen LogP contribution in [0.3, 0.4) is 0 Å². The first-order chi connectivity index (χ1) is 19.7. The first-order valence-electron chi connectivity index (χ1n) is 14.3. The zero-order valence-corrected chi connectivity index (χ0v) is 25.8. The van der Waals surface area contributed by atoms with Gasteiger partial charge in [-0.3, -0.25) is 14.4 Å². The molecular weight excluding hydrogens is 512 g/mol. The summed E-state index contributed by atoms with van der Waals surface area (Å²) in [7, 11) is 4.69. The fourth-order valence-corrected chi connectivity index (χ4v) is 3.97. The zero-order chi connectivity index (χ0) is 30.8. The largest absolute Gasteiger partial charge is 0.358 e. The van der Waals surface area contributed by atoms with Crippen molar-refractivity contribution in [2.24, 2.45) is 5.73 Å². The highest BCUT2D eigenvalue weighted by molar-refractivity contribution is 5.94. The lowest BCUT2D eigenvalue weighted by Gasteiger charge is -2.30. The van der Waals surface area contributed by atoms with Crippen LogP contribution in [-0.4, -0.2) is 67.3 Å². The van der Waals surface area contributed by atoms with Gasteiger partial charge in [-0.15, -0.1) is 0 Å². The second-order valence-electron chi connectivity index (χ2n) is 9.67. The molecule has 0 aliphatic rings. The van der Waals surface area contributed by atoms with Crippen molar-refractivity contribution in [2.45, 2.75) is 59.0 Å². The third kappa shape index (κ3) is 12.4. The number of amides is 3. The molecule has 3 aromatic carbocycles. The highest BCUT2D eigenvalue weighted by Crippen LogP contribution is 2.19. The van der Waals surface area contributed by atoms with Crippen molar-refractivity contribution >= 4 is 28.5 Å². The first kappa shape index (κ1) is 35.1. The van der Waals surface area contributed by atoms with E-state index < -0.39 is 6.04 Å². The van der Waals surface area contributed by atoms with E-state index in [1.807, 2.05) is 69.3 Å². The maximum atomic E-state index is 13.2. The van der Waals surface area contributed by atoms with Crippen LogP contribution in [0.25, 0.3) is 10.8 Å². The molecule has 0 fully saturated rings. The molecule has 7 heteroatoms. The molecule has 0 aliphatic carbocycles. The van der Waals surface area contributed by atoms with Gasteiger partial charge in [0.15, 0.2) is 0 Å². The fraction of sp³-hybridized carbons (Fsp3) is 0.382. The van der Waals surface area contributed by atoms with Gasteiger partial charge in [0.05, 0.1) is 6.54 Å². The molecule has 3 amide bonds. The zero-order valence-electron chi connectivity index (χ0n) is 25.8. The molecular formula is C34H48N4O3. The molecule has 0 heterocycles. The Bertz CT molecular complexity index is 1240. The Morgan fingerprint density at radius 3 is 2.07 bits per heavy atom. The van der Waals surface area contributed by atoms with Crippen LogP contribution in [0.2, 0.25) is 0 Å². The summed E-state index contributed by atoms with van der Waals surface area (Å²) in [5, 5.41) is 4.68. The highest BCUT2D eigenvalue weighted by Gasteiger charge is 2.29. The lowest BCUT2D eigenvalue weighted by Crippen LogP contribution is -2.50. The number of hydrogen-bond donors (Lipinski definition) is 2. The van der Waals surface area contributed by atoms with Gasteiger partial charge in [-0.25, -0.2) is 0 Å². The van der Waals surface area contributed by atoms with E-state index >= 15 is 0 Å². The highest BCUT2D eigenvalue weighted by atomic mass is 16.2. The van der Waals surface area contributed by atoms with Crippen molar-refractivity contribution in [3.05, 3.63) is 96.1 Å². The summed E-state index contributed by atoms with van der Waals surface area (Å²) in [5.74, 6) is -0.854. The average Bonchev–Trinajstić information content (AvgIpc) is 3.00. The van der Waals surface area contributed by atoms with Gasteiger partial charge >= 0.3 is 0 Å². The number of nitrogens with two attached hydrogens (primary N) is 1. The van der Waals surface area contributed by atoms with Gasteiger partial charge in [-0.1, -0.05) is 99.6 Å². The van der Waals surface area contributed by atoms with Gasteiger partial charge in [0.25, 0.3) is 0 Å². The van der Waals surface area contributed by atoms with Crippen LogP contribution in [0.15, 0.2) is 84.9 Å². The van der Waals surface area contributed by atoms with E-state index in [4.69, 9.17) is 5.73 Å². The summed E-state index contributed by atoms with van der Waals surface area (Å²) in [4.78, 5) is 40.4. The van der Waals surface area contributed by atoms with Crippen LogP contribution in [0, 0.1) is 0 Å². The SMILES string of the molecule is CC.CCc1ccccc1.CNC(=O)CN(C)C(=O)C(Cc1ccc2ccccc2c1)N(C)C(=O)/C=C/CC(C)N. The molecule has 0 bridgehead atoms. The number of carbonyl (C=O) groups is 3. The van der Waals surface area contributed by atoms with Crippen LogP contribution in [0.4, 0.5) is 0 Å². The van der Waals surface area contributed by atoms with Crippen molar-refractivity contribution in [1.29, 1.82) is 0 Å². The van der Waals surface area contributed by atoms with Crippen LogP contribution < -0.4 is 11.1 Å². The van der Waals surface area contributed by atoms with E-state index in [9.17, 15) is 14.4 Å². The van der Waals surface area contributed by atoms with E-state index in [1.54, 1.807) is 20.2 Å². The van der Waals surface area contributed by atoms with Gasteiger partial charge in [0.1, 0.15) is 6.04 Å². The van der Waals surface area contributed by atoms with Crippen molar-refractivity contribution in [3.8, 4) is 0 Å². The predicted molar refractivity (Wildman–Crippen MR) is 170 cm³/mol. The Labute approximate surface area is 246 Å². The smallest absolute Gasteiger partial charge is 0.246 e. The summed E-state index contributed by atoms with van der Waals surface area (Å²) in [6.45, 7) is 7.94. The Balaban J connectivity index is 0.000000711. The maximum absolute atomic E-state index is 13.2. The molecule has 3 N–H and O–H groups in total. The second-order valence-corrected chi connectivity index (χ2v) is 9.67. The lowest BCUT2D eigenvalue weighted by molar-refractivity contribution is -0.143. The molecule has 3 rings (SSSR count). The molecule has 3 aromatic rings. The number of aryl methyl sites for hydroxylation is 1. The molecule has 2 atom stereocenters. The van der Waals surface area contributed by atoms with Gasteiger partial charge in [-0.05, 0) is 47.7 Å². The number of likely N-dealkylation sites (N-methyl/N-ethyl adjacent to an activating group) is 3. The van der Waals surface area contributed by atoms with Crippen LogP contribution in [0.5, 0.6) is 0 Å². The molecule has 41 heavy (non-hydrogen) atoms. The molecule has 222 valence electrons. The second kappa shape index (κ2) is 19.2. The van der Waals surface area contributed by atoms with Crippen molar-refractivity contribution < 1.29 is 14.4 Å². The monoisotopic (exact) mass is 560 g/mol. The Morgan fingerprint density at radius 2 is 1.51 bits per heavy atom. The van der Waals surface area contributed by atoms with Gasteiger partial charge in [0.2, 0.25) is 17.7 Å². The number of carbonyl (C=O) groups excluding carboxylic acids is 3. The minimum Gasteiger partial charge on any atom is -0.358 e. The minimum absolute atomic E-state index is 0.0527. The van der Waals surface area contributed by atoms with Crippen LogP contribution in [0.1, 0.15) is 45.2 Å². The molecule has 0 aliphatic heterocycles. The quantitative estimate of drug-likeness (QED) is 0.342. The summed E-state index contributed by atoms with van der Waals surface area (Å²) in [6.07, 6.45) is 5.21. The predicted octanol–water partition coefficient (Wildman–Crippen LogP) is 4.98. The first-order valence-corrected chi connectivity index (χ1v) is 14.3. The minimum atomic E-state index is -0.747. The van der Waals surface area contributed by atoms with E-state index in [-0.39, 0.29) is 30.3 Å². The van der Waals surface area contributed by atoms with E-state index in [0.29, 0.717) is 12.8 Å². The molecule has 0 saturated heterocycles. The van der Waals surface area contributed by atoms with Gasteiger partial charge < -0.3 is 20.9 Å². The Morgan fingerprint density at radius 1 is 0.902 bits per heavy atom. The molecule has 0 spiro atoms. The topological polar surface area (TPSA) is 95.7 Å². The molecule has 0 saturated carbocycles. The van der Waals surface area contributed by atoms with E-state index in [2.05, 4.69) is 36.5 Å². The number of fused-ring (bicyclic) bond motifs is 1. The van der Waals surface area contributed by atoms with Crippen LogP contribution in [-0.2, 0) is 27.2 Å². The third-order valence-corrected chi connectivity index (χ3v) is 6.40. The van der Waals surface area contributed by atoms with Crippen molar-refractivity contribution in [2.75, 3.05) is 27.7 Å². The molecule has 0 radical (unpaired) electrons. The fourth-order valence-electron chi connectivity index (χ4n) is 3.97. The van der Waals surface area contributed by atoms with Crippen LogP contribution >= 0.6 is 0 Å². The van der Waals surface area contributed by atoms with Gasteiger partial charge in [0, 0.05) is 33.6 Å².